The summed E-state index contributed by atoms with van der Waals surface area (Å²) in [6.45, 7) is 4.37. The van der Waals surface area contributed by atoms with Gasteiger partial charge >= 0.3 is 0 Å². The Kier molecular flexibility index (Phi) is 8.06. The first-order chi connectivity index (χ1) is 14.3. The van der Waals surface area contributed by atoms with E-state index >= 15 is 0 Å². The largest absolute Gasteiger partial charge is 0.469 e. The number of H-pyrrole nitrogens is 1. The van der Waals surface area contributed by atoms with Crippen LogP contribution in [0.4, 0.5) is 5.95 Å². The minimum absolute atomic E-state index is 0.101. The molecule has 0 unspecified atom stereocenters. The number of rotatable bonds is 14. The standard InChI is InChI=1S/C16H25N9O4/c17-1-3-26-5-7-28-8-6-27-4-2-25-9-12(23-24-25)10-29-15-13-14(20-11-19-13)21-16(18)22-15/h9,11H,1-8,10,17H2,(H3,18,19,20,21,22). The van der Waals surface area contributed by atoms with E-state index in [1.165, 1.54) is 6.33 Å². The number of imidazole rings is 1. The van der Waals surface area contributed by atoms with Crippen LogP contribution in [0, 0.1) is 0 Å². The molecular weight excluding hydrogens is 382 g/mol. The molecule has 0 atom stereocenters. The van der Waals surface area contributed by atoms with Crippen LogP contribution >= 0.6 is 0 Å². The van der Waals surface area contributed by atoms with Crippen molar-refractivity contribution < 1.29 is 18.9 Å². The van der Waals surface area contributed by atoms with Crippen molar-refractivity contribution in [2.75, 3.05) is 51.9 Å². The van der Waals surface area contributed by atoms with Crippen molar-refractivity contribution >= 4 is 17.1 Å². The highest BCUT2D eigenvalue weighted by molar-refractivity contribution is 5.76. The molecule has 158 valence electrons. The molecule has 0 aliphatic rings. The van der Waals surface area contributed by atoms with E-state index in [1.54, 1.807) is 10.9 Å². The fraction of sp³-hybridized carbons (Fsp3) is 0.562. The summed E-state index contributed by atoms with van der Waals surface area (Å²) in [5.74, 6) is 0.393. The van der Waals surface area contributed by atoms with Crippen molar-refractivity contribution in [3.8, 4) is 5.88 Å². The van der Waals surface area contributed by atoms with Crippen LogP contribution in [-0.2, 0) is 27.4 Å². The van der Waals surface area contributed by atoms with E-state index in [2.05, 4.69) is 30.2 Å². The van der Waals surface area contributed by atoms with Crippen molar-refractivity contribution in [2.45, 2.75) is 13.2 Å². The highest BCUT2D eigenvalue weighted by Gasteiger charge is 2.11. The van der Waals surface area contributed by atoms with E-state index in [-0.39, 0.29) is 12.6 Å². The Bertz CT molecular complexity index is 869. The molecule has 3 aromatic heterocycles. The maximum absolute atomic E-state index is 5.67. The number of nitrogens with one attached hydrogen (secondary N) is 1. The van der Waals surface area contributed by atoms with Gasteiger partial charge in [0.2, 0.25) is 11.8 Å². The first-order valence-corrected chi connectivity index (χ1v) is 9.18. The molecule has 0 aromatic carbocycles. The second-order valence-electron chi connectivity index (χ2n) is 5.87. The Labute approximate surface area is 166 Å². The number of nitrogens with two attached hydrogens (primary N) is 2. The van der Waals surface area contributed by atoms with Crippen LogP contribution in [0.1, 0.15) is 5.69 Å². The fourth-order valence-electron chi connectivity index (χ4n) is 2.37. The molecule has 0 amide bonds. The molecule has 3 rings (SSSR count). The van der Waals surface area contributed by atoms with Crippen LogP contribution in [0.5, 0.6) is 5.88 Å². The van der Waals surface area contributed by atoms with E-state index in [1.807, 2.05) is 0 Å². The number of aromatic nitrogens is 7. The molecule has 13 nitrogen and oxygen atoms in total. The molecule has 0 aliphatic carbocycles. The van der Waals surface area contributed by atoms with Gasteiger partial charge in [0.1, 0.15) is 12.3 Å². The van der Waals surface area contributed by atoms with Crippen LogP contribution in [0.3, 0.4) is 0 Å². The lowest BCUT2D eigenvalue weighted by molar-refractivity contribution is 0.0141. The Morgan fingerprint density at radius 1 is 1.00 bits per heavy atom. The number of nitrogen functional groups attached to an aromatic ring is 1. The van der Waals surface area contributed by atoms with Gasteiger partial charge in [-0.1, -0.05) is 5.21 Å². The van der Waals surface area contributed by atoms with Crippen LogP contribution in [0.25, 0.3) is 11.2 Å². The molecule has 29 heavy (non-hydrogen) atoms. The van der Waals surface area contributed by atoms with E-state index in [9.17, 15) is 0 Å². The average Bonchev–Trinajstić information content (AvgIpc) is 3.37. The number of hydrogen-bond donors (Lipinski definition) is 3. The molecule has 0 saturated carbocycles. The van der Waals surface area contributed by atoms with Gasteiger partial charge in [0.25, 0.3) is 0 Å². The van der Waals surface area contributed by atoms with E-state index in [4.69, 9.17) is 30.4 Å². The summed E-state index contributed by atoms with van der Waals surface area (Å²) in [6.07, 6.45) is 3.28. The van der Waals surface area contributed by atoms with Gasteiger partial charge in [-0.3, -0.25) is 0 Å². The monoisotopic (exact) mass is 407 g/mol. The second kappa shape index (κ2) is 11.2. The van der Waals surface area contributed by atoms with Gasteiger partial charge in [0.15, 0.2) is 11.2 Å². The Morgan fingerprint density at radius 2 is 1.76 bits per heavy atom. The van der Waals surface area contributed by atoms with Gasteiger partial charge in [0.05, 0.1) is 58.7 Å². The quantitative estimate of drug-likeness (QED) is 0.283. The number of hydrogen-bond acceptors (Lipinski definition) is 11. The third-order valence-corrected chi connectivity index (χ3v) is 3.68. The summed E-state index contributed by atoms with van der Waals surface area (Å²) in [5.41, 5.74) is 12.7. The normalized spacial score (nSPS) is 11.3. The summed E-state index contributed by atoms with van der Waals surface area (Å²) in [5, 5.41) is 8.11. The summed E-state index contributed by atoms with van der Waals surface area (Å²) in [6, 6.07) is 0. The molecule has 0 bridgehead atoms. The van der Waals surface area contributed by atoms with Gasteiger partial charge in [-0.25, -0.2) is 9.67 Å². The Morgan fingerprint density at radius 3 is 2.55 bits per heavy atom. The molecular formula is C16H25N9O4. The number of anilines is 1. The molecule has 0 aliphatic heterocycles. The third kappa shape index (κ3) is 6.60. The molecule has 3 aromatic rings. The van der Waals surface area contributed by atoms with Crippen molar-refractivity contribution in [1.82, 2.24) is 34.9 Å². The van der Waals surface area contributed by atoms with Crippen molar-refractivity contribution in [3.63, 3.8) is 0 Å². The minimum Gasteiger partial charge on any atom is -0.469 e. The molecule has 0 radical (unpaired) electrons. The lowest BCUT2D eigenvalue weighted by Gasteiger charge is -2.06. The van der Waals surface area contributed by atoms with Crippen molar-refractivity contribution in [2.24, 2.45) is 5.73 Å². The zero-order valence-electron chi connectivity index (χ0n) is 16.0. The maximum atomic E-state index is 5.67. The molecule has 13 heteroatoms. The highest BCUT2D eigenvalue weighted by Crippen LogP contribution is 2.20. The third-order valence-electron chi connectivity index (χ3n) is 3.68. The lowest BCUT2D eigenvalue weighted by Crippen LogP contribution is -2.14. The summed E-state index contributed by atoms with van der Waals surface area (Å²) in [7, 11) is 0. The average molecular weight is 407 g/mol. The maximum Gasteiger partial charge on any atom is 0.247 e. The second-order valence-corrected chi connectivity index (χ2v) is 5.87. The molecule has 0 saturated heterocycles. The van der Waals surface area contributed by atoms with Gasteiger partial charge in [0, 0.05) is 6.54 Å². The zero-order valence-corrected chi connectivity index (χ0v) is 16.0. The minimum atomic E-state index is 0.101. The number of ether oxygens (including phenoxy) is 4. The summed E-state index contributed by atoms with van der Waals surface area (Å²) < 4.78 is 23.4. The van der Waals surface area contributed by atoms with Crippen molar-refractivity contribution in [3.05, 3.63) is 18.2 Å². The van der Waals surface area contributed by atoms with Crippen LogP contribution in [0.15, 0.2) is 12.5 Å². The van der Waals surface area contributed by atoms with Gasteiger partial charge in [-0.05, 0) is 0 Å². The SMILES string of the molecule is NCCOCCOCCOCCn1cc(COc2nc(N)nc3[nH]cnc23)nn1. The van der Waals surface area contributed by atoms with Gasteiger partial charge in [-0.15, -0.1) is 5.10 Å². The molecule has 5 N–H and O–H groups in total. The van der Waals surface area contributed by atoms with E-state index in [0.717, 1.165) is 0 Å². The lowest BCUT2D eigenvalue weighted by atomic mass is 10.5. The first kappa shape index (κ1) is 20.9. The Balaban J connectivity index is 1.32. The topological polar surface area (TPSA) is 174 Å². The predicted molar refractivity (Wildman–Crippen MR) is 102 cm³/mol. The van der Waals surface area contributed by atoms with Crippen LogP contribution in [0.2, 0.25) is 0 Å². The summed E-state index contributed by atoms with van der Waals surface area (Å²) in [4.78, 5) is 15.1. The smallest absolute Gasteiger partial charge is 0.247 e. The Hall–Kier alpha value is -2.87. The fourth-order valence-corrected chi connectivity index (χ4v) is 2.37. The highest BCUT2D eigenvalue weighted by atomic mass is 16.5. The number of aromatic amines is 1. The number of nitrogens with zero attached hydrogens (tertiary/aromatic N) is 6. The van der Waals surface area contributed by atoms with Crippen LogP contribution in [-0.4, -0.2) is 81.1 Å². The first-order valence-electron chi connectivity index (χ1n) is 9.18. The predicted octanol–water partition coefficient (Wildman–Crippen LogP) is -0.886. The van der Waals surface area contributed by atoms with E-state index in [0.29, 0.717) is 75.5 Å². The molecule has 0 spiro atoms. The van der Waals surface area contributed by atoms with E-state index < -0.39 is 0 Å². The summed E-state index contributed by atoms with van der Waals surface area (Å²) >= 11 is 0. The molecule has 0 fully saturated rings. The van der Waals surface area contributed by atoms with Gasteiger partial charge in [-0.2, -0.15) is 9.97 Å². The number of fused-ring (bicyclic) bond motifs is 1. The van der Waals surface area contributed by atoms with Gasteiger partial charge < -0.3 is 35.4 Å². The van der Waals surface area contributed by atoms with Crippen molar-refractivity contribution in [1.29, 1.82) is 0 Å². The zero-order chi connectivity index (χ0) is 20.3. The molecule has 3 heterocycles. The van der Waals surface area contributed by atoms with Crippen LogP contribution < -0.4 is 16.2 Å².